The first kappa shape index (κ1) is 24.1. The minimum absolute atomic E-state index is 0.0965. The van der Waals surface area contributed by atoms with Gasteiger partial charge in [-0.05, 0) is 42.3 Å². The largest absolute Gasteiger partial charge is 0.416 e. The van der Waals surface area contributed by atoms with Crippen LogP contribution in [0.15, 0.2) is 47.5 Å². The fraction of sp³-hybridized carbons (Fsp3) is 0.333. The van der Waals surface area contributed by atoms with Gasteiger partial charge >= 0.3 is 6.18 Å². The highest BCUT2D eigenvalue weighted by atomic mass is 19.4. The van der Waals surface area contributed by atoms with E-state index in [1.165, 1.54) is 24.3 Å². The van der Waals surface area contributed by atoms with Crippen molar-refractivity contribution in [2.45, 2.75) is 26.1 Å². The molecule has 0 heterocycles. The summed E-state index contributed by atoms with van der Waals surface area (Å²) in [5.74, 6) is -1.35. The fourth-order valence-corrected chi connectivity index (χ4v) is 2.69. The van der Waals surface area contributed by atoms with Gasteiger partial charge < -0.3 is 16.0 Å². The Hall–Kier alpha value is -3.17. The molecule has 0 saturated carbocycles. The van der Waals surface area contributed by atoms with Crippen LogP contribution in [0.2, 0.25) is 0 Å². The summed E-state index contributed by atoms with van der Waals surface area (Å²) in [6, 6.07) is 8.05. The standard InChI is InChI=1S/C21H23F5N4O/c1-2-27-20(30-13-15-5-8-17(23)12-18(15)21(24,25)26)29-10-9-28-19(31)11-14-3-6-16(22)7-4-14/h3-8,12H,2,9-11,13H2,1H3,(H,28,31)(H2,27,29,30). The normalized spacial score (nSPS) is 11.9. The number of alkyl halides is 3. The molecule has 5 nitrogen and oxygen atoms in total. The van der Waals surface area contributed by atoms with Crippen molar-refractivity contribution >= 4 is 11.9 Å². The van der Waals surface area contributed by atoms with Crippen molar-refractivity contribution in [2.24, 2.45) is 4.99 Å². The zero-order valence-electron chi connectivity index (χ0n) is 16.8. The van der Waals surface area contributed by atoms with Gasteiger partial charge in [0.25, 0.3) is 0 Å². The Morgan fingerprint density at radius 3 is 2.23 bits per heavy atom. The van der Waals surface area contributed by atoms with Crippen LogP contribution in [-0.2, 0) is 23.9 Å². The Morgan fingerprint density at radius 1 is 0.935 bits per heavy atom. The third-order valence-electron chi connectivity index (χ3n) is 4.15. The van der Waals surface area contributed by atoms with Crippen LogP contribution < -0.4 is 16.0 Å². The summed E-state index contributed by atoms with van der Waals surface area (Å²) in [5.41, 5.74) is -0.555. The van der Waals surface area contributed by atoms with Crippen LogP contribution in [0.1, 0.15) is 23.6 Å². The van der Waals surface area contributed by atoms with E-state index in [0.717, 1.165) is 12.1 Å². The summed E-state index contributed by atoms with van der Waals surface area (Å²) in [6.45, 7) is 2.48. The number of hydrogen-bond donors (Lipinski definition) is 3. The molecule has 31 heavy (non-hydrogen) atoms. The van der Waals surface area contributed by atoms with Crippen molar-refractivity contribution < 1.29 is 26.7 Å². The average molecular weight is 442 g/mol. The maximum atomic E-state index is 13.2. The monoisotopic (exact) mass is 442 g/mol. The third kappa shape index (κ3) is 8.23. The summed E-state index contributed by atoms with van der Waals surface area (Å²) in [6.07, 6.45) is -4.59. The zero-order chi connectivity index (χ0) is 22.9. The summed E-state index contributed by atoms with van der Waals surface area (Å²) in [7, 11) is 0. The van der Waals surface area contributed by atoms with Gasteiger partial charge in [-0.15, -0.1) is 0 Å². The van der Waals surface area contributed by atoms with Crippen LogP contribution in [0.5, 0.6) is 0 Å². The minimum atomic E-state index is -4.69. The van der Waals surface area contributed by atoms with Crippen LogP contribution in [0.4, 0.5) is 22.0 Å². The molecule has 0 aliphatic carbocycles. The second-order valence-electron chi connectivity index (χ2n) is 6.57. The summed E-state index contributed by atoms with van der Waals surface area (Å²) in [4.78, 5) is 16.0. The van der Waals surface area contributed by atoms with Gasteiger partial charge in [-0.3, -0.25) is 4.79 Å². The lowest BCUT2D eigenvalue weighted by Gasteiger charge is -2.14. The summed E-state index contributed by atoms with van der Waals surface area (Å²) in [5, 5.41) is 8.48. The first-order valence-corrected chi connectivity index (χ1v) is 9.58. The minimum Gasteiger partial charge on any atom is -0.357 e. The van der Waals surface area contributed by atoms with Crippen LogP contribution in [0.3, 0.4) is 0 Å². The number of halogens is 5. The lowest BCUT2D eigenvalue weighted by atomic mass is 10.1. The molecule has 0 atom stereocenters. The molecule has 0 radical (unpaired) electrons. The molecule has 168 valence electrons. The maximum Gasteiger partial charge on any atom is 0.416 e. The highest BCUT2D eigenvalue weighted by Crippen LogP contribution is 2.32. The van der Waals surface area contributed by atoms with E-state index in [1.807, 2.05) is 0 Å². The molecule has 0 aliphatic heterocycles. The van der Waals surface area contributed by atoms with Crippen molar-refractivity contribution in [3.63, 3.8) is 0 Å². The van der Waals surface area contributed by atoms with Gasteiger partial charge in [0.2, 0.25) is 5.91 Å². The summed E-state index contributed by atoms with van der Waals surface area (Å²) < 4.78 is 65.4. The Labute approximate surface area is 176 Å². The number of amides is 1. The van der Waals surface area contributed by atoms with E-state index in [-0.39, 0.29) is 49.3 Å². The number of rotatable bonds is 8. The molecule has 0 saturated heterocycles. The van der Waals surface area contributed by atoms with Gasteiger partial charge in [0.1, 0.15) is 11.6 Å². The van der Waals surface area contributed by atoms with Gasteiger partial charge in [-0.25, -0.2) is 13.8 Å². The average Bonchev–Trinajstić information content (AvgIpc) is 2.71. The van der Waals surface area contributed by atoms with Crippen LogP contribution >= 0.6 is 0 Å². The molecule has 0 fully saturated rings. The highest BCUT2D eigenvalue weighted by molar-refractivity contribution is 5.80. The zero-order valence-corrected chi connectivity index (χ0v) is 16.8. The molecular formula is C21H23F5N4O. The SMILES string of the molecule is CCNC(=NCc1ccc(F)cc1C(F)(F)F)NCCNC(=O)Cc1ccc(F)cc1. The van der Waals surface area contributed by atoms with Crippen molar-refractivity contribution in [1.82, 2.24) is 16.0 Å². The molecule has 2 aromatic rings. The number of carbonyl (C=O) groups is 1. The second kappa shape index (κ2) is 11.3. The predicted octanol–water partition coefficient (Wildman–Crippen LogP) is 3.40. The number of aliphatic imine (C=N–C) groups is 1. The molecule has 0 aromatic heterocycles. The van der Waals surface area contributed by atoms with Crippen molar-refractivity contribution in [2.75, 3.05) is 19.6 Å². The molecule has 1 amide bonds. The number of benzene rings is 2. The van der Waals surface area contributed by atoms with Gasteiger partial charge in [0, 0.05) is 19.6 Å². The lowest BCUT2D eigenvalue weighted by molar-refractivity contribution is -0.138. The lowest BCUT2D eigenvalue weighted by Crippen LogP contribution is -2.41. The predicted molar refractivity (Wildman–Crippen MR) is 107 cm³/mol. The van der Waals surface area contributed by atoms with E-state index < -0.39 is 17.6 Å². The molecule has 2 rings (SSSR count). The quantitative estimate of drug-likeness (QED) is 0.254. The molecule has 10 heteroatoms. The van der Waals surface area contributed by atoms with Crippen molar-refractivity contribution in [3.05, 3.63) is 70.8 Å². The number of nitrogens with one attached hydrogen (secondary N) is 3. The number of nitrogens with zero attached hydrogens (tertiary/aromatic N) is 1. The van der Waals surface area contributed by atoms with E-state index >= 15 is 0 Å². The van der Waals surface area contributed by atoms with Crippen molar-refractivity contribution in [1.29, 1.82) is 0 Å². The van der Waals surface area contributed by atoms with E-state index in [4.69, 9.17) is 0 Å². The highest BCUT2D eigenvalue weighted by Gasteiger charge is 2.33. The van der Waals surface area contributed by atoms with Crippen LogP contribution in [-0.4, -0.2) is 31.5 Å². The van der Waals surface area contributed by atoms with Crippen LogP contribution in [0, 0.1) is 11.6 Å². The third-order valence-corrected chi connectivity index (χ3v) is 4.15. The van der Waals surface area contributed by atoms with Gasteiger partial charge in [-0.1, -0.05) is 18.2 Å². The Morgan fingerprint density at radius 2 is 1.58 bits per heavy atom. The molecule has 3 N–H and O–H groups in total. The molecule has 0 bridgehead atoms. The van der Waals surface area contributed by atoms with E-state index in [9.17, 15) is 26.7 Å². The first-order valence-electron chi connectivity index (χ1n) is 9.58. The fourth-order valence-electron chi connectivity index (χ4n) is 2.69. The van der Waals surface area contributed by atoms with E-state index in [2.05, 4.69) is 20.9 Å². The maximum absolute atomic E-state index is 13.2. The smallest absolute Gasteiger partial charge is 0.357 e. The number of hydrogen-bond acceptors (Lipinski definition) is 2. The topological polar surface area (TPSA) is 65.5 Å². The Bertz CT molecular complexity index is 898. The Kier molecular flexibility index (Phi) is 8.77. The summed E-state index contributed by atoms with van der Waals surface area (Å²) >= 11 is 0. The molecule has 2 aromatic carbocycles. The van der Waals surface area contributed by atoms with Gasteiger partial charge in [-0.2, -0.15) is 13.2 Å². The molecular weight excluding hydrogens is 419 g/mol. The molecule has 0 aliphatic rings. The number of carbonyl (C=O) groups excluding carboxylic acids is 1. The molecule has 0 spiro atoms. The van der Waals surface area contributed by atoms with Crippen LogP contribution in [0.25, 0.3) is 0 Å². The van der Waals surface area contributed by atoms with Gasteiger partial charge in [0.15, 0.2) is 5.96 Å². The first-order chi connectivity index (χ1) is 14.7. The number of guanidine groups is 1. The Balaban J connectivity index is 1.88. The van der Waals surface area contributed by atoms with E-state index in [1.54, 1.807) is 6.92 Å². The second-order valence-corrected chi connectivity index (χ2v) is 6.57. The van der Waals surface area contributed by atoms with Crippen molar-refractivity contribution in [3.8, 4) is 0 Å². The van der Waals surface area contributed by atoms with Gasteiger partial charge in [0.05, 0.1) is 18.5 Å². The molecule has 0 unspecified atom stereocenters. The van der Waals surface area contributed by atoms with E-state index in [0.29, 0.717) is 18.2 Å².